The van der Waals surface area contributed by atoms with Gasteiger partial charge in [0.15, 0.2) is 0 Å². The Bertz CT molecular complexity index is 516. The lowest BCUT2D eigenvalue weighted by Crippen LogP contribution is -2.48. The van der Waals surface area contributed by atoms with E-state index < -0.39 is 6.17 Å². The average Bonchev–Trinajstić information content (AvgIpc) is 2.83. The molecule has 2 atom stereocenters. The van der Waals surface area contributed by atoms with Crippen LogP contribution in [-0.4, -0.2) is 38.3 Å². The number of carbonyl (C=O) groups is 2. The molecule has 2 rings (SSSR count). The summed E-state index contributed by atoms with van der Waals surface area (Å²) >= 11 is 0. The fourth-order valence-electron chi connectivity index (χ4n) is 2.27. The van der Waals surface area contributed by atoms with Crippen LogP contribution in [-0.2, 0) is 9.59 Å². The largest absolute Gasteiger partial charge is 0.339 e. The van der Waals surface area contributed by atoms with Gasteiger partial charge in [0.05, 0.1) is 12.2 Å². The van der Waals surface area contributed by atoms with Gasteiger partial charge in [-0.15, -0.1) is 0 Å². The normalized spacial score (nSPS) is 17.4. The Balaban J connectivity index is 2.00. The van der Waals surface area contributed by atoms with Crippen LogP contribution in [0.4, 0.5) is 5.69 Å². The van der Waals surface area contributed by atoms with E-state index in [1.165, 1.54) is 0 Å². The zero-order valence-electron chi connectivity index (χ0n) is 11.3. The van der Waals surface area contributed by atoms with Crippen LogP contribution in [0.25, 0.3) is 0 Å². The molecule has 1 aromatic carbocycles. The zero-order chi connectivity index (χ0) is 14.4. The number of para-hydroxylation sites is 1. The minimum absolute atomic E-state index is 0.0959. The van der Waals surface area contributed by atoms with Gasteiger partial charge in [0.2, 0.25) is 12.3 Å². The maximum absolute atomic E-state index is 11.6. The van der Waals surface area contributed by atoms with Gasteiger partial charge in [0.1, 0.15) is 6.17 Å². The van der Waals surface area contributed by atoms with Crippen molar-refractivity contribution in [1.82, 2.24) is 16.0 Å². The van der Waals surface area contributed by atoms with Crippen LogP contribution in [0, 0.1) is 0 Å². The SMILES string of the molecule is CNCC(=O)NC(CC1C=Nc2ccccc21)NC=O. The van der Waals surface area contributed by atoms with Gasteiger partial charge in [-0.3, -0.25) is 14.6 Å². The van der Waals surface area contributed by atoms with Crippen LogP contribution in [0.1, 0.15) is 17.9 Å². The maximum Gasteiger partial charge on any atom is 0.235 e. The topological polar surface area (TPSA) is 82.6 Å². The first-order valence-corrected chi connectivity index (χ1v) is 6.51. The van der Waals surface area contributed by atoms with Crippen LogP contribution >= 0.6 is 0 Å². The molecule has 0 radical (unpaired) electrons. The summed E-state index contributed by atoms with van der Waals surface area (Å²) in [5.74, 6) is -0.0615. The fourth-order valence-corrected chi connectivity index (χ4v) is 2.27. The number of aliphatic imine (C=N–C) groups is 1. The first kappa shape index (κ1) is 14.2. The molecule has 0 fully saturated rings. The fraction of sp³-hybridized carbons (Fsp3) is 0.357. The second-order valence-electron chi connectivity index (χ2n) is 4.61. The molecule has 20 heavy (non-hydrogen) atoms. The summed E-state index contributed by atoms with van der Waals surface area (Å²) in [5.41, 5.74) is 2.07. The Morgan fingerprint density at radius 3 is 3.00 bits per heavy atom. The van der Waals surface area contributed by atoms with E-state index in [0.717, 1.165) is 11.3 Å². The minimum Gasteiger partial charge on any atom is -0.339 e. The molecule has 1 aliphatic rings. The highest BCUT2D eigenvalue weighted by atomic mass is 16.2. The number of hydrogen-bond donors (Lipinski definition) is 3. The third-order valence-corrected chi connectivity index (χ3v) is 3.16. The molecule has 0 saturated carbocycles. The van der Waals surface area contributed by atoms with E-state index in [1.54, 1.807) is 7.05 Å². The van der Waals surface area contributed by atoms with Crippen molar-refractivity contribution in [1.29, 1.82) is 0 Å². The smallest absolute Gasteiger partial charge is 0.235 e. The van der Waals surface area contributed by atoms with Crippen molar-refractivity contribution in [2.45, 2.75) is 18.5 Å². The van der Waals surface area contributed by atoms with E-state index in [9.17, 15) is 9.59 Å². The van der Waals surface area contributed by atoms with Crippen molar-refractivity contribution >= 4 is 24.2 Å². The van der Waals surface area contributed by atoms with Gasteiger partial charge in [-0.05, 0) is 25.1 Å². The van der Waals surface area contributed by atoms with Crippen LogP contribution in [0.5, 0.6) is 0 Å². The van der Waals surface area contributed by atoms with Crippen LogP contribution in [0.15, 0.2) is 29.3 Å². The van der Waals surface area contributed by atoms with Gasteiger partial charge in [-0.25, -0.2) is 0 Å². The van der Waals surface area contributed by atoms with Crippen molar-refractivity contribution < 1.29 is 9.59 Å². The molecular formula is C14H18N4O2. The molecule has 6 heteroatoms. The van der Waals surface area contributed by atoms with E-state index in [1.807, 2.05) is 30.5 Å². The molecule has 0 aliphatic carbocycles. The molecule has 2 unspecified atom stereocenters. The van der Waals surface area contributed by atoms with E-state index in [0.29, 0.717) is 12.8 Å². The number of rotatable bonds is 7. The number of amides is 2. The lowest BCUT2D eigenvalue weighted by Gasteiger charge is -2.20. The highest BCUT2D eigenvalue weighted by molar-refractivity contribution is 5.81. The third-order valence-electron chi connectivity index (χ3n) is 3.16. The van der Waals surface area contributed by atoms with Gasteiger partial charge in [-0.1, -0.05) is 18.2 Å². The van der Waals surface area contributed by atoms with Crippen molar-refractivity contribution in [3.8, 4) is 0 Å². The maximum atomic E-state index is 11.6. The van der Waals surface area contributed by atoms with E-state index >= 15 is 0 Å². The number of hydrogen-bond acceptors (Lipinski definition) is 4. The van der Waals surface area contributed by atoms with Gasteiger partial charge in [0.25, 0.3) is 0 Å². The van der Waals surface area contributed by atoms with Crippen LogP contribution in [0.2, 0.25) is 0 Å². The minimum atomic E-state index is -0.407. The average molecular weight is 274 g/mol. The molecule has 6 nitrogen and oxygen atoms in total. The number of nitrogens with zero attached hydrogens (tertiary/aromatic N) is 1. The van der Waals surface area contributed by atoms with E-state index in [-0.39, 0.29) is 18.4 Å². The van der Waals surface area contributed by atoms with Crippen molar-refractivity contribution in [2.75, 3.05) is 13.6 Å². The molecule has 1 aromatic rings. The lowest BCUT2D eigenvalue weighted by atomic mass is 9.96. The van der Waals surface area contributed by atoms with Crippen molar-refractivity contribution in [3.05, 3.63) is 29.8 Å². The van der Waals surface area contributed by atoms with Gasteiger partial charge >= 0.3 is 0 Å². The molecule has 0 bridgehead atoms. The zero-order valence-corrected chi connectivity index (χ0v) is 11.3. The summed E-state index contributed by atoms with van der Waals surface area (Å²) in [6.07, 6.45) is 2.63. The second kappa shape index (κ2) is 6.81. The molecule has 106 valence electrons. The number of carbonyl (C=O) groups excluding carboxylic acids is 2. The highest BCUT2D eigenvalue weighted by Crippen LogP contribution is 2.33. The van der Waals surface area contributed by atoms with Crippen LogP contribution < -0.4 is 16.0 Å². The van der Waals surface area contributed by atoms with Gasteiger partial charge in [0, 0.05) is 12.1 Å². The standard InChI is InChI=1S/C14H18N4O2/c1-15-8-14(20)18-13(17-9-19)6-10-7-16-12-5-3-2-4-11(10)12/h2-5,7,9-10,13,15H,6,8H2,1H3,(H,17,19)(H,18,20). The second-order valence-corrected chi connectivity index (χ2v) is 4.61. The summed E-state index contributed by atoms with van der Waals surface area (Å²) in [7, 11) is 1.70. The Hall–Kier alpha value is -2.21. The lowest BCUT2D eigenvalue weighted by molar-refractivity contribution is -0.121. The monoisotopic (exact) mass is 274 g/mol. The Morgan fingerprint density at radius 2 is 2.25 bits per heavy atom. The Kier molecular flexibility index (Phi) is 4.84. The summed E-state index contributed by atoms with van der Waals surface area (Å²) in [5, 5.41) is 8.17. The molecule has 0 saturated heterocycles. The number of fused-ring (bicyclic) bond motifs is 1. The predicted octanol–water partition coefficient (Wildman–Crippen LogP) is 0.284. The highest BCUT2D eigenvalue weighted by Gasteiger charge is 2.23. The molecule has 1 heterocycles. The Labute approximate surface area is 117 Å². The van der Waals surface area contributed by atoms with Crippen molar-refractivity contribution in [2.24, 2.45) is 4.99 Å². The van der Waals surface area contributed by atoms with E-state index in [4.69, 9.17) is 0 Å². The molecule has 2 amide bonds. The quantitative estimate of drug-likeness (QED) is 0.493. The molecule has 1 aliphatic heterocycles. The van der Waals surface area contributed by atoms with Gasteiger partial charge in [-0.2, -0.15) is 0 Å². The summed E-state index contributed by atoms with van der Waals surface area (Å²) in [4.78, 5) is 26.6. The molecular weight excluding hydrogens is 256 g/mol. The first-order valence-electron chi connectivity index (χ1n) is 6.51. The Morgan fingerprint density at radius 1 is 1.45 bits per heavy atom. The molecule has 0 aromatic heterocycles. The summed E-state index contributed by atoms with van der Waals surface area (Å²) < 4.78 is 0. The molecule has 3 N–H and O–H groups in total. The number of benzene rings is 1. The summed E-state index contributed by atoms with van der Waals surface area (Å²) in [6, 6.07) is 7.87. The van der Waals surface area contributed by atoms with Crippen LogP contribution in [0.3, 0.4) is 0 Å². The van der Waals surface area contributed by atoms with E-state index in [2.05, 4.69) is 20.9 Å². The van der Waals surface area contributed by atoms with Crippen molar-refractivity contribution in [3.63, 3.8) is 0 Å². The summed E-state index contributed by atoms with van der Waals surface area (Å²) in [6.45, 7) is 0.215. The number of likely N-dealkylation sites (N-methyl/N-ethyl adjacent to an activating group) is 1. The molecule has 0 spiro atoms. The van der Waals surface area contributed by atoms with Gasteiger partial charge < -0.3 is 16.0 Å². The third kappa shape index (κ3) is 3.42. The number of nitrogens with one attached hydrogen (secondary N) is 3. The first-order chi connectivity index (χ1) is 9.74. The predicted molar refractivity (Wildman–Crippen MR) is 77.0 cm³/mol.